The number of aromatic nitrogens is 2. The minimum absolute atomic E-state index is 0.346. The smallest absolute Gasteiger partial charge is 0.235 e. The fourth-order valence-corrected chi connectivity index (χ4v) is 1.22. The average Bonchev–Trinajstić information content (AvgIpc) is 2.16. The molecule has 78 valence electrons. The number of nitrogens with zero attached hydrogens (tertiary/aromatic N) is 2. The number of hydrogen-bond acceptors (Lipinski definition) is 3. The molecule has 1 heterocycles. The number of hydrogen-bond donors (Lipinski definition) is 0. The molecule has 1 aromatic heterocycles. The third kappa shape index (κ3) is 2.22. The van der Waals surface area contributed by atoms with Gasteiger partial charge >= 0.3 is 0 Å². The highest BCUT2D eigenvalue weighted by Crippen LogP contribution is 2.23. The molecule has 0 unspecified atom stereocenters. The van der Waals surface area contributed by atoms with Crippen LogP contribution in [-0.2, 0) is 0 Å². The molecule has 1 aromatic rings. The van der Waals surface area contributed by atoms with E-state index < -0.39 is 0 Å². The van der Waals surface area contributed by atoms with E-state index in [9.17, 15) is 0 Å². The van der Waals surface area contributed by atoms with Crippen LogP contribution in [0, 0.1) is 0 Å². The lowest BCUT2D eigenvalue weighted by atomic mass is 10.1. The van der Waals surface area contributed by atoms with Crippen molar-refractivity contribution in [1.29, 1.82) is 0 Å². The van der Waals surface area contributed by atoms with Crippen LogP contribution in [0.5, 0.6) is 5.88 Å². The van der Waals surface area contributed by atoms with E-state index in [-0.39, 0.29) is 0 Å². The molecule has 0 amide bonds. The minimum atomic E-state index is 0.346. The summed E-state index contributed by atoms with van der Waals surface area (Å²) in [7, 11) is 1.64. The molecule has 0 aliphatic heterocycles. The monoisotopic (exact) mass is 194 g/mol. The third-order valence-corrected chi connectivity index (χ3v) is 2.12. The molecule has 0 radical (unpaired) electrons. The summed E-state index contributed by atoms with van der Waals surface area (Å²) in [5, 5.41) is 0. The van der Waals surface area contributed by atoms with Crippen molar-refractivity contribution < 1.29 is 4.74 Å². The summed E-state index contributed by atoms with van der Waals surface area (Å²) < 4.78 is 5.22. The summed E-state index contributed by atoms with van der Waals surface area (Å²) >= 11 is 0. The summed E-state index contributed by atoms with van der Waals surface area (Å²) in [6.07, 6.45) is 1.84. The number of methoxy groups -OCH3 is 1. The van der Waals surface area contributed by atoms with Crippen molar-refractivity contribution in [2.75, 3.05) is 7.11 Å². The van der Waals surface area contributed by atoms with Crippen molar-refractivity contribution in [3.05, 3.63) is 17.6 Å². The van der Waals surface area contributed by atoms with Crippen molar-refractivity contribution >= 4 is 0 Å². The van der Waals surface area contributed by atoms with Crippen molar-refractivity contribution in [1.82, 2.24) is 9.97 Å². The molecule has 0 spiro atoms. The van der Waals surface area contributed by atoms with Crippen LogP contribution in [0.25, 0.3) is 0 Å². The molecule has 0 atom stereocenters. The van der Waals surface area contributed by atoms with Gasteiger partial charge < -0.3 is 4.74 Å². The Labute approximate surface area is 85.5 Å². The first-order valence-electron chi connectivity index (χ1n) is 4.97. The predicted molar refractivity (Wildman–Crippen MR) is 56.8 cm³/mol. The van der Waals surface area contributed by atoms with Gasteiger partial charge in [0.25, 0.3) is 0 Å². The normalized spacial score (nSPS) is 11.1. The van der Waals surface area contributed by atoms with E-state index in [1.807, 2.05) is 6.20 Å². The average molecular weight is 194 g/mol. The molecular weight excluding hydrogens is 176 g/mol. The van der Waals surface area contributed by atoms with Crippen LogP contribution in [0.15, 0.2) is 6.20 Å². The fourth-order valence-electron chi connectivity index (χ4n) is 1.22. The number of ether oxygens (including phenoxy) is 1. The van der Waals surface area contributed by atoms with Crippen molar-refractivity contribution in [2.24, 2.45) is 0 Å². The Balaban J connectivity index is 3.11. The Bertz CT molecular complexity index is 308. The highest BCUT2D eigenvalue weighted by molar-refractivity contribution is 5.23. The van der Waals surface area contributed by atoms with Gasteiger partial charge in [-0.2, -0.15) is 0 Å². The first-order chi connectivity index (χ1) is 6.56. The molecule has 0 saturated carbocycles. The topological polar surface area (TPSA) is 35.0 Å². The fraction of sp³-hybridized carbons (Fsp3) is 0.636. The molecule has 3 nitrogen and oxygen atoms in total. The summed E-state index contributed by atoms with van der Waals surface area (Å²) in [4.78, 5) is 8.81. The lowest BCUT2D eigenvalue weighted by molar-refractivity contribution is 0.384. The second-order valence-electron chi connectivity index (χ2n) is 4.00. The van der Waals surface area contributed by atoms with Crippen LogP contribution >= 0.6 is 0 Å². The van der Waals surface area contributed by atoms with Gasteiger partial charge in [-0.05, 0) is 5.92 Å². The highest BCUT2D eigenvalue weighted by atomic mass is 16.5. The highest BCUT2D eigenvalue weighted by Gasteiger charge is 2.12. The third-order valence-electron chi connectivity index (χ3n) is 2.12. The second kappa shape index (κ2) is 4.40. The van der Waals surface area contributed by atoms with Crippen LogP contribution in [0.1, 0.15) is 50.9 Å². The van der Waals surface area contributed by atoms with Gasteiger partial charge in [-0.25, -0.2) is 4.98 Å². The number of rotatable bonds is 3. The van der Waals surface area contributed by atoms with E-state index in [0.29, 0.717) is 17.7 Å². The van der Waals surface area contributed by atoms with Crippen LogP contribution < -0.4 is 4.74 Å². The molecule has 14 heavy (non-hydrogen) atoms. The quantitative estimate of drug-likeness (QED) is 0.742. The van der Waals surface area contributed by atoms with E-state index in [0.717, 1.165) is 11.4 Å². The first-order valence-corrected chi connectivity index (χ1v) is 4.97. The second-order valence-corrected chi connectivity index (χ2v) is 4.00. The van der Waals surface area contributed by atoms with Crippen LogP contribution in [-0.4, -0.2) is 17.1 Å². The van der Waals surface area contributed by atoms with Gasteiger partial charge in [0, 0.05) is 12.1 Å². The SMILES string of the molecule is COc1nc(C(C)C)cnc1C(C)C. The van der Waals surface area contributed by atoms with Gasteiger partial charge in [-0.1, -0.05) is 27.7 Å². The molecule has 0 bridgehead atoms. The maximum atomic E-state index is 5.22. The van der Waals surface area contributed by atoms with Crippen LogP contribution in [0.4, 0.5) is 0 Å². The summed E-state index contributed by atoms with van der Waals surface area (Å²) in [6.45, 7) is 8.36. The molecule has 0 saturated heterocycles. The Hall–Kier alpha value is -1.12. The van der Waals surface area contributed by atoms with E-state index >= 15 is 0 Å². The summed E-state index contributed by atoms with van der Waals surface area (Å²) in [5.41, 5.74) is 1.91. The zero-order valence-corrected chi connectivity index (χ0v) is 9.53. The molecule has 1 rings (SSSR count). The Morgan fingerprint density at radius 3 is 2.21 bits per heavy atom. The van der Waals surface area contributed by atoms with Gasteiger partial charge in [0.1, 0.15) is 5.69 Å². The molecule has 3 heteroatoms. The predicted octanol–water partition coefficient (Wildman–Crippen LogP) is 2.73. The maximum absolute atomic E-state index is 5.22. The Morgan fingerprint density at radius 1 is 1.14 bits per heavy atom. The minimum Gasteiger partial charge on any atom is -0.480 e. The van der Waals surface area contributed by atoms with Gasteiger partial charge in [0.15, 0.2) is 0 Å². The largest absolute Gasteiger partial charge is 0.480 e. The molecule has 0 aromatic carbocycles. The maximum Gasteiger partial charge on any atom is 0.235 e. The van der Waals surface area contributed by atoms with E-state index in [2.05, 4.69) is 37.7 Å². The molecule has 0 fully saturated rings. The van der Waals surface area contributed by atoms with Crippen LogP contribution in [0.3, 0.4) is 0 Å². The lowest BCUT2D eigenvalue weighted by Crippen LogP contribution is -2.04. The van der Waals surface area contributed by atoms with Crippen LogP contribution in [0.2, 0.25) is 0 Å². The van der Waals surface area contributed by atoms with E-state index in [1.165, 1.54) is 0 Å². The van der Waals surface area contributed by atoms with Gasteiger partial charge in [0.2, 0.25) is 5.88 Å². The lowest BCUT2D eigenvalue weighted by Gasteiger charge is -2.12. The summed E-state index contributed by atoms with van der Waals surface area (Å²) in [6, 6.07) is 0. The molecule has 0 aliphatic carbocycles. The standard InChI is InChI=1S/C11H18N2O/c1-7(2)9-6-12-10(8(3)4)11(13-9)14-5/h6-8H,1-5H3. The van der Waals surface area contributed by atoms with E-state index in [1.54, 1.807) is 7.11 Å². The summed E-state index contributed by atoms with van der Waals surface area (Å²) in [5.74, 6) is 1.39. The van der Waals surface area contributed by atoms with Gasteiger partial charge in [-0.3, -0.25) is 4.98 Å². The zero-order chi connectivity index (χ0) is 10.7. The van der Waals surface area contributed by atoms with Gasteiger partial charge in [-0.15, -0.1) is 0 Å². The Morgan fingerprint density at radius 2 is 1.79 bits per heavy atom. The molecular formula is C11H18N2O. The van der Waals surface area contributed by atoms with Gasteiger partial charge in [0.05, 0.1) is 12.8 Å². The van der Waals surface area contributed by atoms with Crippen molar-refractivity contribution in [3.8, 4) is 5.88 Å². The first kappa shape index (κ1) is 11.0. The van der Waals surface area contributed by atoms with Crippen molar-refractivity contribution in [3.63, 3.8) is 0 Å². The van der Waals surface area contributed by atoms with Crippen molar-refractivity contribution in [2.45, 2.75) is 39.5 Å². The molecule has 0 N–H and O–H groups in total. The van der Waals surface area contributed by atoms with E-state index in [4.69, 9.17) is 4.74 Å². The Kier molecular flexibility index (Phi) is 3.44. The zero-order valence-electron chi connectivity index (χ0n) is 9.53. The molecule has 0 aliphatic rings.